The average molecular weight is 629 g/mol. The van der Waals surface area contributed by atoms with Crippen LogP contribution in [0.2, 0.25) is 0 Å². The molecule has 2 heteroatoms. The van der Waals surface area contributed by atoms with E-state index in [0.717, 1.165) is 28.1 Å². The van der Waals surface area contributed by atoms with Gasteiger partial charge in [0.1, 0.15) is 5.82 Å². The van der Waals surface area contributed by atoms with Crippen molar-refractivity contribution in [2.45, 2.75) is 25.7 Å². The van der Waals surface area contributed by atoms with Gasteiger partial charge in [0.25, 0.3) is 0 Å². The highest BCUT2D eigenvalue weighted by Crippen LogP contribution is 2.51. The van der Waals surface area contributed by atoms with E-state index >= 15 is 0 Å². The molecule has 2 unspecified atom stereocenters. The zero-order valence-electron chi connectivity index (χ0n) is 27.7. The predicted octanol–water partition coefficient (Wildman–Crippen LogP) is 12.2. The van der Waals surface area contributed by atoms with E-state index in [1.54, 1.807) is 6.08 Å². The molecule has 1 aromatic heterocycles. The quantitative estimate of drug-likeness (QED) is 0.132. The predicted molar refractivity (Wildman–Crippen MR) is 208 cm³/mol. The maximum atomic E-state index is 5.46. The SMILES string of the molecule is C#C/C=C\C=C(/C)n1c(-c2ccc(C3C=Cc4c(c(-c5ccccc5)c5ccccc5c4-c4ccccc4)C3C)cc2)nc2ccccc21. The van der Waals surface area contributed by atoms with E-state index in [9.17, 15) is 0 Å². The molecule has 6 aromatic carbocycles. The molecule has 7 aromatic rings. The number of rotatable bonds is 6. The van der Waals surface area contributed by atoms with Gasteiger partial charge in [0.15, 0.2) is 0 Å². The van der Waals surface area contributed by atoms with E-state index < -0.39 is 0 Å². The van der Waals surface area contributed by atoms with Gasteiger partial charge < -0.3 is 0 Å². The summed E-state index contributed by atoms with van der Waals surface area (Å²) < 4.78 is 2.22. The molecular formula is C47H36N2. The summed E-state index contributed by atoms with van der Waals surface area (Å²) in [5, 5.41) is 2.58. The Balaban J connectivity index is 1.26. The molecule has 1 aliphatic carbocycles. The summed E-state index contributed by atoms with van der Waals surface area (Å²) in [5.74, 6) is 3.94. The molecule has 0 N–H and O–H groups in total. The molecule has 49 heavy (non-hydrogen) atoms. The lowest BCUT2D eigenvalue weighted by Crippen LogP contribution is -2.14. The Morgan fingerprint density at radius 1 is 0.714 bits per heavy atom. The summed E-state index contributed by atoms with van der Waals surface area (Å²) >= 11 is 0. The molecule has 234 valence electrons. The van der Waals surface area contributed by atoms with Gasteiger partial charge in [-0.1, -0.05) is 152 Å². The highest BCUT2D eigenvalue weighted by molar-refractivity contribution is 6.10. The lowest BCUT2D eigenvalue weighted by Gasteiger charge is -2.33. The first-order valence-electron chi connectivity index (χ1n) is 16.9. The lowest BCUT2D eigenvalue weighted by atomic mass is 9.71. The summed E-state index contributed by atoms with van der Waals surface area (Å²) in [7, 11) is 0. The molecule has 0 fully saturated rings. The molecule has 0 radical (unpaired) electrons. The van der Waals surface area contributed by atoms with Crippen LogP contribution in [0.3, 0.4) is 0 Å². The molecule has 0 bridgehead atoms. The van der Waals surface area contributed by atoms with Gasteiger partial charge in [-0.15, -0.1) is 6.42 Å². The minimum absolute atomic E-state index is 0.211. The minimum atomic E-state index is 0.211. The first-order chi connectivity index (χ1) is 24.1. The smallest absolute Gasteiger partial charge is 0.145 e. The van der Waals surface area contributed by atoms with Crippen molar-refractivity contribution in [3.8, 4) is 46.0 Å². The number of allylic oxidation sites excluding steroid dienone is 5. The first-order valence-corrected chi connectivity index (χ1v) is 16.9. The normalized spacial score (nSPS) is 15.9. The zero-order valence-corrected chi connectivity index (χ0v) is 27.7. The number of imidazole rings is 1. The molecule has 0 spiro atoms. The Kier molecular flexibility index (Phi) is 7.88. The van der Waals surface area contributed by atoms with Gasteiger partial charge in [-0.25, -0.2) is 4.98 Å². The Morgan fingerprint density at radius 3 is 2.02 bits per heavy atom. The molecule has 0 saturated carbocycles. The number of benzene rings is 6. The van der Waals surface area contributed by atoms with Crippen molar-refractivity contribution < 1.29 is 0 Å². The third-order valence-corrected chi connectivity index (χ3v) is 9.88. The van der Waals surface area contributed by atoms with Crippen LogP contribution in [0.4, 0.5) is 0 Å². The fourth-order valence-electron chi connectivity index (χ4n) is 7.65. The number of fused-ring (bicyclic) bond motifs is 3. The van der Waals surface area contributed by atoms with Crippen LogP contribution < -0.4 is 0 Å². The van der Waals surface area contributed by atoms with Gasteiger partial charge in [-0.3, -0.25) is 4.57 Å². The van der Waals surface area contributed by atoms with E-state index in [2.05, 4.69) is 164 Å². The fraction of sp³-hybridized carbons (Fsp3) is 0.0851. The average Bonchev–Trinajstić information content (AvgIpc) is 3.55. The van der Waals surface area contributed by atoms with Gasteiger partial charge in [-0.05, 0) is 86.8 Å². The van der Waals surface area contributed by atoms with Gasteiger partial charge in [0.05, 0.1) is 11.0 Å². The maximum absolute atomic E-state index is 5.46. The Bertz CT molecular complexity index is 2450. The highest BCUT2D eigenvalue weighted by Gasteiger charge is 2.31. The van der Waals surface area contributed by atoms with Crippen molar-refractivity contribution in [1.82, 2.24) is 9.55 Å². The number of para-hydroxylation sites is 2. The number of hydrogen-bond acceptors (Lipinski definition) is 1. The van der Waals surface area contributed by atoms with Crippen molar-refractivity contribution in [2.24, 2.45) is 0 Å². The standard InChI is InChI=1S/C47H36N2/c1-4-5-8-17-32(2)49-43-25-16-15-24-42(43)48-47(49)37-28-26-34(27-29-37)38-30-31-41-44(33(38)3)46(36-20-11-7-12-21-36)40-23-14-13-22-39(40)45(41)35-18-9-6-10-19-35/h1,5-31,33,38H,2-3H3/b8-5-,32-17+. The van der Waals surface area contributed by atoms with Gasteiger partial charge in [0, 0.05) is 17.2 Å². The van der Waals surface area contributed by atoms with E-state index in [1.807, 2.05) is 18.2 Å². The third kappa shape index (κ3) is 5.31. The number of terminal acetylenes is 1. The molecule has 2 nitrogen and oxygen atoms in total. The Morgan fingerprint density at radius 2 is 1.33 bits per heavy atom. The molecule has 0 saturated heterocycles. The van der Waals surface area contributed by atoms with Crippen LogP contribution in [-0.2, 0) is 0 Å². The number of aromatic nitrogens is 2. The van der Waals surface area contributed by atoms with E-state index in [0.29, 0.717) is 0 Å². The monoisotopic (exact) mass is 628 g/mol. The minimum Gasteiger partial charge on any atom is -0.296 e. The molecule has 0 amide bonds. The summed E-state index contributed by atoms with van der Waals surface area (Å²) in [6, 6.07) is 48.0. The van der Waals surface area contributed by atoms with Crippen molar-refractivity contribution in [3.05, 3.63) is 174 Å². The number of hydrogen-bond donors (Lipinski definition) is 0. The second-order valence-electron chi connectivity index (χ2n) is 12.7. The summed E-state index contributed by atoms with van der Waals surface area (Å²) in [5.41, 5.74) is 13.3. The van der Waals surface area contributed by atoms with Crippen LogP contribution in [0.15, 0.2) is 158 Å². The Hall–Kier alpha value is -6.17. The van der Waals surface area contributed by atoms with Crippen LogP contribution in [0.5, 0.6) is 0 Å². The zero-order chi connectivity index (χ0) is 33.3. The van der Waals surface area contributed by atoms with Gasteiger partial charge in [0.2, 0.25) is 0 Å². The van der Waals surface area contributed by atoms with Crippen LogP contribution >= 0.6 is 0 Å². The van der Waals surface area contributed by atoms with E-state index in [1.165, 1.54) is 49.7 Å². The second kappa shape index (κ2) is 12.8. The lowest BCUT2D eigenvalue weighted by molar-refractivity contribution is 0.672. The molecule has 1 heterocycles. The van der Waals surface area contributed by atoms with E-state index in [4.69, 9.17) is 11.4 Å². The van der Waals surface area contributed by atoms with Gasteiger partial charge in [-0.2, -0.15) is 0 Å². The van der Waals surface area contributed by atoms with Crippen molar-refractivity contribution >= 4 is 33.6 Å². The third-order valence-electron chi connectivity index (χ3n) is 9.88. The Labute approximate surface area is 288 Å². The van der Waals surface area contributed by atoms with E-state index in [-0.39, 0.29) is 11.8 Å². The first kappa shape index (κ1) is 30.2. The highest BCUT2D eigenvalue weighted by atomic mass is 15.1. The van der Waals surface area contributed by atoms with Gasteiger partial charge >= 0.3 is 0 Å². The van der Waals surface area contributed by atoms with Crippen molar-refractivity contribution in [1.29, 1.82) is 0 Å². The second-order valence-corrected chi connectivity index (χ2v) is 12.7. The summed E-state index contributed by atoms with van der Waals surface area (Å²) in [6.07, 6.45) is 15.9. The fourth-order valence-corrected chi connectivity index (χ4v) is 7.65. The van der Waals surface area contributed by atoms with Crippen LogP contribution in [0.1, 0.15) is 42.4 Å². The van der Waals surface area contributed by atoms with Crippen LogP contribution in [0, 0.1) is 12.3 Å². The largest absolute Gasteiger partial charge is 0.296 e. The van der Waals surface area contributed by atoms with Crippen molar-refractivity contribution in [2.75, 3.05) is 0 Å². The topological polar surface area (TPSA) is 17.8 Å². The molecule has 1 aliphatic rings. The van der Waals surface area contributed by atoms with Crippen LogP contribution in [-0.4, -0.2) is 9.55 Å². The molecule has 2 atom stereocenters. The summed E-state index contributed by atoms with van der Waals surface area (Å²) in [4.78, 5) is 5.08. The molecule has 8 rings (SSSR count). The van der Waals surface area contributed by atoms with Crippen LogP contribution in [0.25, 0.3) is 67.2 Å². The molecular weight excluding hydrogens is 593 g/mol. The molecule has 0 aliphatic heterocycles. The number of nitrogens with zero attached hydrogens (tertiary/aromatic N) is 2. The van der Waals surface area contributed by atoms with Crippen molar-refractivity contribution in [3.63, 3.8) is 0 Å². The summed E-state index contributed by atoms with van der Waals surface area (Å²) in [6.45, 7) is 4.49. The maximum Gasteiger partial charge on any atom is 0.145 e.